The Kier molecular flexibility index (Phi) is 4.87. The van der Waals surface area contributed by atoms with E-state index in [1.807, 2.05) is 6.92 Å². The number of rotatable bonds is 4. The maximum Gasteiger partial charge on any atom is 0.448 e. The van der Waals surface area contributed by atoms with Crippen LogP contribution in [0, 0.1) is 23.7 Å². The van der Waals surface area contributed by atoms with Gasteiger partial charge in [0.2, 0.25) is 17.8 Å². The zero-order valence-electron chi connectivity index (χ0n) is 16.4. The molecule has 0 amide bonds. The van der Waals surface area contributed by atoms with E-state index >= 15 is 0 Å². The topological polar surface area (TPSA) is 112 Å². The number of carboxylic acid groups (broad SMARTS) is 2. The van der Waals surface area contributed by atoms with Crippen molar-refractivity contribution in [2.75, 3.05) is 0 Å². The minimum Gasteiger partial charge on any atom is -0.481 e. The molecule has 168 valence electrons. The van der Waals surface area contributed by atoms with E-state index in [4.69, 9.17) is 19.2 Å². The lowest BCUT2D eigenvalue weighted by Gasteiger charge is -2.57. The van der Waals surface area contributed by atoms with Gasteiger partial charge in [0.15, 0.2) is 11.5 Å². The highest BCUT2D eigenvalue weighted by Gasteiger charge is 2.70. The third-order valence-corrected chi connectivity index (χ3v) is 6.93. The van der Waals surface area contributed by atoms with Gasteiger partial charge in [-0.15, -0.1) is 0 Å². The van der Waals surface area contributed by atoms with Crippen molar-refractivity contribution >= 4 is 11.9 Å². The molecule has 0 aromatic carbocycles. The molecule has 5 aliphatic rings. The minimum absolute atomic E-state index is 0.0726. The molecule has 1 aliphatic carbocycles. The van der Waals surface area contributed by atoms with E-state index in [-0.39, 0.29) is 18.3 Å². The van der Waals surface area contributed by atoms with Crippen LogP contribution in [0.15, 0.2) is 11.3 Å². The standard InChI is InChI=1S/C19H23F3O8/c1-8-3-4-12-9(7-10(14(23)24)15(25)26)13(19(20,21)22)27-16-18(12)11(8)5-6-17(2,28-16)29-30-18/h8,10-12,16H,3-7H2,1-2H3,(H,23,24)(H,25,26)/t8-,11+,12+,16-,17+,18?/m1/s1. The van der Waals surface area contributed by atoms with E-state index in [0.29, 0.717) is 19.3 Å². The van der Waals surface area contributed by atoms with Crippen LogP contribution in [-0.2, 0) is 28.8 Å². The van der Waals surface area contributed by atoms with Crippen LogP contribution in [0.5, 0.6) is 0 Å². The molecule has 2 bridgehead atoms. The number of fused-ring (bicyclic) bond motifs is 2. The van der Waals surface area contributed by atoms with E-state index in [1.165, 1.54) is 0 Å². The van der Waals surface area contributed by atoms with Crippen molar-refractivity contribution in [2.24, 2.45) is 23.7 Å². The van der Waals surface area contributed by atoms with Gasteiger partial charge in [-0.1, -0.05) is 6.92 Å². The van der Waals surface area contributed by atoms with Gasteiger partial charge in [-0.25, -0.2) is 9.78 Å². The number of hydrogen-bond donors (Lipinski definition) is 2. The fraction of sp³-hybridized carbons (Fsp3) is 0.789. The van der Waals surface area contributed by atoms with Crippen molar-refractivity contribution in [3.63, 3.8) is 0 Å². The first-order valence-electron chi connectivity index (χ1n) is 9.86. The van der Waals surface area contributed by atoms with Crippen molar-refractivity contribution in [3.05, 3.63) is 11.3 Å². The Morgan fingerprint density at radius 2 is 1.83 bits per heavy atom. The lowest BCUT2D eigenvalue weighted by molar-refractivity contribution is -0.557. The quantitative estimate of drug-likeness (QED) is 0.511. The van der Waals surface area contributed by atoms with Gasteiger partial charge in [0.05, 0.1) is 0 Å². The summed E-state index contributed by atoms with van der Waals surface area (Å²) in [5, 5.41) is 18.5. The van der Waals surface area contributed by atoms with Crippen LogP contribution in [-0.4, -0.2) is 46.0 Å². The molecule has 4 fully saturated rings. The average molecular weight is 436 g/mol. The normalized spacial score (nSPS) is 40.6. The summed E-state index contributed by atoms with van der Waals surface area (Å²) < 4.78 is 52.9. The maximum atomic E-state index is 13.9. The summed E-state index contributed by atoms with van der Waals surface area (Å²) in [6, 6.07) is 0. The molecular weight excluding hydrogens is 413 g/mol. The highest BCUT2D eigenvalue weighted by atomic mass is 19.4. The number of carboxylic acids is 2. The number of halogens is 3. The van der Waals surface area contributed by atoms with E-state index in [9.17, 15) is 33.0 Å². The number of carbonyl (C=O) groups is 2. The fourth-order valence-corrected chi connectivity index (χ4v) is 5.47. The van der Waals surface area contributed by atoms with Crippen LogP contribution in [0.4, 0.5) is 13.2 Å². The fourth-order valence-electron chi connectivity index (χ4n) is 5.47. The smallest absolute Gasteiger partial charge is 0.448 e. The monoisotopic (exact) mass is 436 g/mol. The van der Waals surface area contributed by atoms with Crippen LogP contribution in [0.25, 0.3) is 0 Å². The van der Waals surface area contributed by atoms with Crippen molar-refractivity contribution in [1.82, 2.24) is 0 Å². The second-order valence-corrected chi connectivity index (χ2v) is 8.76. The van der Waals surface area contributed by atoms with Crippen molar-refractivity contribution in [3.8, 4) is 0 Å². The Labute approximate surface area is 169 Å². The summed E-state index contributed by atoms with van der Waals surface area (Å²) in [4.78, 5) is 34.1. The zero-order valence-corrected chi connectivity index (χ0v) is 16.4. The average Bonchev–Trinajstić information content (AvgIpc) is 2.86. The molecule has 1 unspecified atom stereocenters. The number of allylic oxidation sites excluding steroid dienone is 1. The molecule has 0 aromatic rings. The number of alkyl halides is 3. The SMILES string of the molecule is C[C@@H]1CC[C@H]2C(CC(C(=O)O)C(=O)O)=C(C(F)(F)F)O[C@@H]3O[C@]4(C)CC[C@@H]1C32OO4. The third kappa shape index (κ3) is 3.09. The van der Waals surface area contributed by atoms with Crippen molar-refractivity contribution in [1.29, 1.82) is 0 Å². The van der Waals surface area contributed by atoms with Gasteiger partial charge in [-0.05, 0) is 44.1 Å². The summed E-state index contributed by atoms with van der Waals surface area (Å²) in [6.45, 7) is 3.54. The van der Waals surface area contributed by atoms with Gasteiger partial charge in [0.25, 0.3) is 0 Å². The van der Waals surface area contributed by atoms with Gasteiger partial charge in [-0.2, -0.15) is 13.2 Å². The van der Waals surface area contributed by atoms with Crippen LogP contribution < -0.4 is 0 Å². The summed E-state index contributed by atoms with van der Waals surface area (Å²) in [5.74, 6) is -9.28. The molecule has 0 radical (unpaired) electrons. The number of aliphatic carboxylic acids is 2. The molecule has 0 aromatic heterocycles. The molecule has 3 saturated heterocycles. The summed E-state index contributed by atoms with van der Waals surface area (Å²) in [5.41, 5.74) is -1.82. The van der Waals surface area contributed by atoms with Crippen LogP contribution >= 0.6 is 0 Å². The van der Waals surface area contributed by atoms with E-state index in [2.05, 4.69) is 0 Å². The Morgan fingerprint density at radius 3 is 2.43 bits per heavy atom. The Hall–Kier alpha value is -1.85. The largest absolute Gasteiger partial charge is 0.481 e. The molecule has 6 atom stereocenters. The summed E-state index contributed by atoms with van der Waals surface area (Å²) >= 11 is 0. The Morgan fingerprint density at radius 1 is 1.17 bits per heavy atom. The Bertz CT molecular complexity index is 781. The van der Waals surface area contributed by atoms with Gasteiger partial charge in [0, 0.05) is 18.3 Å². The first-order chi connectivity index (χ1) is 13.9. The van der Waals surface area contributed by atoms with E-state index in [1.54, 1.807) is 6.92 Å². The summed E-state index contributed by atoms with van der Waals surface area (Å²) in [6.07, 6.45) is -5.44. The molecule has 1 saturated carbocycles. The molecule has 30 heavy (non-hydrogen) atoms. The molecule has 4 heterocycles. The number of hydrogen-bond acceptors (Lipinski definition) is 6. The molecule has 8 nitrogen and oxygen atoms in total. The molecule has 11 heteroatoms. The highest BCUT2D eigenvalue weighted by molar-refractivity contribution is 5.93. The molecule has 5 rings (SSSR count). The zero-order chi connectivity index (χ0) is 22.1. The molecule has 2 N–H and O–H groups in total. The van der Waals surface area contributed by atoms with E-state index < -0.39 is 65.4 Å². The van der Waals surface area contributed by atoms with Crippen molar-refractivity contribution in [2.45, 2.75) is 69.8 Å². The predicted molar refractivity (Wildman–Crippen MR) is 90.3 cm³/mol. The second-order valence-electron chi connectivity index (χ2n) is 8.76. The lowest BCUT2D eigenvalue weighted by Crippen LogP contribution is -2.67. The number of ether oxygens (including phenoxy) is 2. The molecule has 1 spiro atoms. The third-order valence-electron chi connectivity index (χ3n) is 6.93. The van der Waals surface area contributed by atoms with Gasteiger partial charge >= 0.3 is 18.1 Å². The van der Waals surface area contributed by atoms with E-state index in [0.717, 1.165) is 0 Å². The molecule has 4 aliphatic heterocycles. The first kappa shape index (κ1) is 21.4. The summed E-state index contributed by atoms with van der Waals surface area (Å²) in [7, 11) is 0. The van der Waals surface area contributed by atoms with Crippen LogP contribution in [0.1, 0.15) is 46.0 Å². The Balaban J connectivity index is 1.87. The second kappa shape index (κ2) is 6.83. The van der Waals surface area contributed by atoms with Gasteiger partial charge < -0.3 is 19.7 Å². The molecular formula is C19H23F3O8. The minimum atomic E-state index is -4.95. The van der Waals surface area contributed by atoms with Crippen molar-refractivity contribution < 1.29 is 52.2 Å². The first-order valence-corrected chi connectivity index (χ1v) is 9.86. The highest BCUT2D eigenvalue weighted by Crippen LogP contribution is 2.62. The van der Waals surface area contributed by atoms with Gasteiger partial charge in [0.1, 0.15) is 0 Å². The lowest BCUT2D eigenvalue weighted by atomic mass is 9.58. The van der Waals surface area contributed by atoms with Gasteiger partial charge in [-0.3, -0.25) is 9.59 Å². The predicted octanol–water partition coefficient (Wildman–Crippen LogP) is 3.22. The maximum absolute atomic E-state index is 13.9. The van der Waals surface area contributed by atoms with Crippen LogP contribution in [0.3, 0.4) is 0 Å². The van der Waals surface area contributed by atoms with Crippen LogP contribution in [0.2, 0.25) is 0 Å².